The number of alkyl halides is 3. The second-order valence-corrected chi connectivity index (χ2v) is 7.21. The molecule has 1 aliphatic rings. The fraction of sp³-hybridized carbons (Fsp3) is 0.429. The summed E-state index contributed by atoms with van der Waals surface area (Å²) in [5, 5.41) is 0. The van der Waals surface area contributed by atoms with Crippen LogP contribution in [0.25, 0.3) is 11.1 Å². The summed E-state index contributed by atoms with van der Waals surface area (Å²) in [5.74, 6) is 0.250. The van der Waals surface area contributed by atoms with Crippen LogP contribution in [0.5, 0.6) is 0 Å². The van der Waals surface area contributed by atoms with Gasteiger partial charge in [-0.1, -0.05) is 24.3 Å². The van der Waals surface area contributed by atoms with E-state index in [9.17, 15) is 17.6 Å². The standard InChI is InChI=1S/C21H23F4N/c22-20-13-15(2-1-14-3-10-18(26)11-4-14)5-12-19(20)16-6-8-17(9-7-16)21(23,24)25/h5-9,12-14,18H,1-4,10-11,26H2. The predicted octanol–water partition coefficient (Wildman–Crippen LogP) is 5.96. The molecule has 0 aromatic heterocycles. The van der Waals surface area contributed by atoms with Gasteiger partial charge in [0.25, 0.3) is 0 Å². The minimum absolute atomic E-state index is 0.325. The van der Waals surface area contributed by atoms with Gasteiger partial charge in [0.2, 0.25) is 0 Å². The van der Waals surface area contributed by atoms with Crippen molar-refractivity contribution in [3.05, 3.63) is 59.4 Å². The number of rotatable bonds is 4. The van der Waals surface area contributed by atoms with Gasteiger partial charge >= 0.3 is 6.18 Å². The van der Waals surface area contributed by atoms with E-state index < -0.39 is 17.6 Å². The van der Waals surface area contributed by atoms with E-state index in [0.717, 1.165) is 56.2 Å². The van der Waals surface area contributed by atoms with E-state index in [1.807, 2.05) is 6.07 Å². The Morgan fingerprint density at radius 1 is 0.923 bits per heavy atom. The topological polar surface area (TPSA) is 26.0 Å². The predicted molar refractivity (Wildman–Crippen MR) is 95.1 cm³/mol. The van der Waals surface area contributed by atoms with Crippen molar-refractivity contribution < 1.29 is 17.6 Å². The summed E-state index contributed by atoms with van der Waals surface area (Å²) in [7, 11) is 0. The average molecular weight is 365 g/mol. The van der Waals surface area contributed by atoms with Crippen LogP contribution in [0.1, 0.15) is 43.2 Å². The molecule has 2 aromatic carbocycles. The van der Waals surface area contributed by atoms with E-state index in [-0.39, 0.29) is 0 Å². The summed E-state index contributed by atoms with van der Waals surface area (Å²) in [5.41, 5.74) is 6.88. The molecule has 0 bridgehead atoms. The third-order valence-corrected chi connectivity index (χ3v) is 5.29. The fourth-order valence-corrected chi connectivity index (χ4v) is 3.63. The highest BCUT2D eigenvalue weighted by Gasteiger charge is 2.30. The Kier molecular flexibility index (Phi) is 5.66. The summed E-state index contributed by atoms with van der Waals surface area (Å²) in [6.45, 7) is 0. The van der Waals surface area contributed by atoms with Gasteiger partial charge in [-0.15, -0.1) is 0 Å². The lowest BCUT2D eigenvalue weighted by Gasteiger charge is -2.26. The first-order chi connectivity index (χ1) is 12.3. The Morgan fingerprint density at radius 3 is 2.15 bits per heavy atom. The lowest BCUT2D eigenvalue weighted by atomic mass is 9.83. The van der Waals surface area contributed by atoms with Crippen LogP contribution < -0.4 is 5.73 Å². The molecule has 1 saturated carbocycles. The number of halogens is 4. The van der Waals surface area contributed by atoms with Crippen LogP contribution in [-0.2, 0) is 12.6 Å². The first kappa shape index (κ1) is 18.9. The molecule has 1 fully saturated rings. The molecule has 0 unspecified atom stereocenters. The minimum atomic E-state index is -4.38. The van der Waals surface area contributed by atoms with E-state index in [1.54, 1.807) is 6.07 Å². The van der Waals surface area contributed by atoms with Crippen molar-refractivity contribution in [2.24, 2.45) is 11.7 Å². The van der Waals surface area contributed by atoms with Crippen LogP contribution in [0.2, 0.25) is 0 Å². The van der Waals surface area contributed by atoms with Crippen molar-refractivity contribution in [3.8, 4) is 11.1 Å². The summed E-state index contributed by atoms with van der Waals surface area (Å²) < 4.78 is 52.3. The van der Waals surface area contributed by atoms with Crippen LogP contribution in [0.15, 0.2) is 42.5 Å². The van der Waals surface area contributed by atoms with Crippen molar-refractivity contribution in [1.82, 2.24) is 0 Å². The number of benzene rings is 2. The highest BCUT2D eigenvalue weighted by Crippen LogP contribution is 2.32. The van der Waals surface area contributed by atoms with Crippen LogP contribution in [-0.4, -0.2) is 6.04 Å². The first-order valence-corrected chi connectivity index (χ1v) is 9.04. The van der Waals surface area contributed by atoms with Gasteiger partial charge in [0, 0.05) is 11.6 Å². The van der Waals surface area contributed by atoms with Crippen molar-refractivity contribution in [1.29, 1.82) is 0 Å². The second kappa shape index (κ2) is 7.78. The monoisotopic (exact) mass is 365 g/mol. The molecule has 0 saturated heterocycles. The Hall–Kier alpha value is -1.88. The normalized spacial score (nSPS) is 21.0. The smallest absolute Gasteiger partial charge is 0.328 e. The third-order valence-electron chi connectivity index (χ3n) is 5.29. The SMILES string of the molecule is NC1CCC(CCc2ccc(-c3ccc(C(F)(F)F)cc3)c(F)c2)CC1. The van der Waals surface area contributed by atoms with Gasteiger partial charge < -0.3 is 5.73 Å². The quantitative estimate of drug-likeness (QED) is 0.665. The maximum absolute atomic E-state index is 14.4. The summed E-state index contributed by atoms with van der Waals surface area (Å²) in [6.07, 6.45) is 1.83. The Bertz CT molecular complexity index is 729. The van der Waals surface area contributed by atoms with Crippen molar-refractivity contribution in [3.63, 3.8) is 0 Å². The zero-order valence-electron chi connectivity index (χ0n) is 14.5. The molecule has 1 aliphatic carbocycles. The molecule has 5 heteroatoms. The third kappa shape index (κ3) is 4.64. The van der Waals surface area contributed by atoms with Gasteiger partial charge in [0.15, 0.2) is 0 Å². The number of aryl methyl sites for hydroxylation is 1. The zero-order valence-corrected chi connectivity index (χ0v) is 14.5. The van der Waals surface area contributed by atoms with E-state index in [1.165, 1.54) is 18.2 Å². The molecule has 26 heavy (non-hydrogen) atoms. The molecule has 0 atom stereocenters. The van der Waals surface area contributed by atoms with Gasteiger partial charge in [-0.25, -0.2) is 4.39 Å². The Balaban J connectivity index is 1.65. The number of hydrogen-bond donors (Lipinski definition) is 1. The van der Waals surface area contributed by atoms with Crippen molar-refractivity contribution in [2.45, 2.75) is 50.7 Å². The number of nitrogens with two attached hydrogens (primary N) is 1. The lowest BCUT2D eigenvalue weighted by molar-refractivity contribution is -0.137. The highest BCUT2D eigenvalue weighted by molar-refractivity contribution is 5.64. The minimum Gasteiger partial charge on any atom is -0.328 e. The van der Waals surface area contributed by atoms with Crippen LogP contribution in [0.4, 0.5) is 17.6 Å². The molecule has 2 N–H and O–H groups in total. The van der Waals surface area contributed by atoms with E-state index in [0.29, 0.717) is 23.1 Å². The van der Waals surface area contributed by atoms with Gasteiger partial charge in [-0.2, -0.15) is 13.2 Å². The summed E-state index contributed by atoms with van der Waals surface area (Å²) in [4.78, 5) is 0. The molecule has 0 spiro atoms. The molecule has 1 nitrogen and oxygen atoms in total. The fourth-order valence-electron chi connectivity index (χ4n) is 3.63. The highest BCUT2D eigenvalue weighted by atomic mass is 19.4. The van der Waals surface area contributed by atoms with Gasteiger partial charge in [0.05, 0.1) is 5.56 Å². The molecule has 140 valence electrons. The van der Waals surface area contributed by atoms with Crippen molar-refractivity contribution >= 4 is 0 Å². The van der Waals surface area contributed by atoms with E-state index in [4.69, 9.17) is 5.73 Å². The van der Waals surface area contributed by atoms with E-state index >= 15 is 0 Å². The Morgan fingerprint density at radius 2 is 1.58 bits per heavy atom. The van der Waals surface area contributed by atoms with Crippen LogP contribution >= 0.6 is 0 Å². The second-order valence-electron chi connectivity index (χ2n) is 7.21. The molecular formula is C21H23F4N. The van der Waals surface area contributed by atoms with Gasteiger partial charge in [0.1, 0.15) is 5.82 Å². The van der Waals surface area contributed by atoms with Crippen LogP contribution in [0.3, 0.4) is 0 Å². The maximum Gasteiger partial charge on any atom is 0.416 e. The number of hydrogen-bond acceptors (Lipinski definition) is 1. The largest absolute Gasteiger partial charge is 0.416 e. The summed E-state index contributed by atoms with van der Waals surface area (Å²) in [6, 6.07) is 9.94. The lowest BCUT2D eigenvalue weighted by Crippen LogP contribution is -2.26. The average Bonchev–Trinajstić information content (AvgIpc) is 2.61. The molecule has 0 aliphatic heterocycles. The Labute approximate surface area is 151 Å². The van der Waals surface area contributed by atoms with Crippen molar-refractivity contribution in [2.75, 3.05) is 0 Å². The zero-order chi connectivity index (χ0) is 18.7. The molecular weight excluding hydrogens is 342 g/mol. The molecule has 3 rings (SSSR count). The van der Waals surface area contributed by atoms with Gasteiger partial charge in [-0.05, 0) is 73.8 Å². The first-order valence-electron chi connectivity index (χ1n) is 9.04. The van der Waals surface area contributed by atoms with Crippen LogP contribution in [0, 0.1) is 11.7 Å². The molecule has 2 aromatic rings. The molecule has 0 radical (unpaired) electrons. The molecule has 0 heterocycles. The van der Waals surface area contributed by atoms with Gasteiger partial charge in [-0.3, -0.25) is 0 Å². The summed E-state index contributed by atoms with van der Waals surface area (Å²) >= 11 is 0. The maximum atomic E-state index is 14.4. The molecule has 0 amide bonds. The van der Waals surface area contributed by atoms with E-state index in [2.05, 4.69) is 0 Å².